The van der Waals surface area contributed by atoms with Crippen molar-refractivity contribution in [3.05, 3.63) is 65.7 Å². The topological polar surface area (TPSA) is 36.0 Å². The molecule has 2 fully saturated rings. The Kier molecular flexibility index (Phi) is 7.03. The van der Waals surface area contributed by atoms with Crippen molar-refractivity contribution in [2.45, 2.75) is 25.9 Å². The van der Waals surface area contributed by atoms with Gasteiger partial charge < -0.3 is 14.5 Å². The van der Waals surface area contributed by atoms with Gasteiger partial charge in [-0.25, -0.2) is 0 Å². The van der Waals surface area contributed by atoms with Crippen molar-refractivity contribution < 1.29 is 9.53 Å². The highest BCUT2D eigenvalue weighted by atomic mass is 16.5. The number of anilines is 1. The molecule has 160 valence electrons. The largest absolute Gasteiger partial charge is 0.378 e. The van der Waals surface area contributed by atoms with Crippen molar-refractivity contribution in [2.75, 3.05) is 51.3 Å². The van der Waals surface area contributed by atoms with Crippen LogP contribution in [0.2, 0.25) is 0 Å². The van der Waals surface area contributed by atoms with Crippen LogP contribution in [0.4, 0.5) is 5.69 Å². The number of piperidine rings is 1. The zero-order valence-corrected chi connectivity index (χ0v) is 18.0. The Morgan fingerprint density at radius 1 is 1.00 bits per heavy atom. The number of morpholine rings is 1. The molecule has 2 saturated heterocycles. The molecular formula is C25H33N3O2. The molecule has 0 spiro atoms. The molecule has 0 aromatic heterocycles. The molecule has 2 aromatic carbocycles. The van der Waals surface area contributed by atoms with Crippen LogP contribution < -0.4 is 4.90 Å². The third-order valence-electron chi connectivity index (χ3n) is 6.21. The van der Waals surface area contributed by atoms with E-state index in [0.717, 1.165) is 58.8 Å². The quantitative estimate of drug-likeness (QED) is 0.735. The zero-order valence-electron chi connectivity index (χ0n) is 18.0. The fourth-order valence-electron chi connectivity index (χ4n) is 4.54. The van der Waals surface area contributed by atoms with Gasteiger partial charge in [0.05, 0.1) is 19.1 Å². The number of hydrogen-bond acceptors (Lipinski definition) is 4. The number of rotatable bonds is 6. The fourth-order valence-corrected chi connectivity index (χ4v) is 4.54. The molecule has 2 aromatic rings. The van der Waals surface area contributed by atoms with Crippen molar-refractivity contribution in [3.8, 4) is 0 Å². The first-order valence-electron chi connectivity index (χ1n) is 11.1. The predicted octanol–water partition coefficient (Wildman–Crippen LogP) is 3.39. The van der Waals surface area contributed by atoms with Crippen LogP contribution in [0.3, 0.4) is 0 Å². The first-order chi connectivity index (χ1) is 14.7. The number of ether oxygens (including phenoxy) is 1. The summed E-state index contributed by atoms with van der Waals surface area (Å²) in [4.78, 5) is 19.8. The van der Waals surface area contributed by atoms with Crippen LogP contribution in [-0.2, 0) is 22.6 Å². The molecule has 0 bridgehead atoms. The number of carbonyl (C=O) groups excluding carboxylic acids is 1. The maximum Gasteiger partial charge on any atom is 0.227 e. The monoisotopic (exact) mass is 407 g/mol. The molecule has 0 N–H and O–H groups in total. The molecule has 0 aliphatic carbocycles. The Hall–Kier alpha value is -2.37. The zero-order chi connectivity index (χ0) is 20.8. The van der Waals surface area contributed by atoms with Crippen molar-refractivity contribution >= 4 is 11.6 Å². The van der Waals surface area contributed by atoms with Gasteiger partial charge in [0.2, 0.25) is 5.91 Å². The maximum atomic E-state index is 13.1. The number of carbonyl (C=O) groups is 1. The van der Waals surface area contributed by atoms with Gasteiger partial charge in [-0.2, -0.15) is 0 Å². The Bertz CT molecular complexity index is 803. The molecule has 0 saturated carbocycles. The minimum absolute atomic E-state index is 0.0973. The van der Waals surface area contributed by atoms with E-state index in [2.05, 4.69) is 64.4 Å². The van der Waals surface area contributed by atoms with Crippen molar-refractivity contribution in [3.63, 3.8) is 0 Å². The summed E-state index contributed by atoms with van der Waals surface area (Å²) in [5, 5.41) is 0. The Morgan fingerprint density at radius 3 is 2.47 bits per heavy atom. The van der Waals surface area contributed by atoms with E-state index in [1.807, 2.05) is 11.9 Å². The van der Waals surface area contributed by atoms with Gasteiger partial charge >= 0.3 is 0 Å². The normalized spacial score (nSPS) is 20.2. The van der Waals surface area contributed by atoms with Crippen LogP contribution >= 0.6 is 0 Å². The molecule has 2 aliphatic heterocycles. The lowest BCUT2D eigenvalue weighted by molar-refractivity contribution is -0.136. The van der Waals surface area contributed by atoms with E-state index in [4.69, 9.17) is 4.74 Å². The minimum Gasteiger partial charge on any atom is -0.378 e. The first kappa shape index (κ1) is 20.9. The second kappa shape index (κ2) is 10.1. The van der Waals surface area contributed by atoms with E-state index in [-0.39, 0.29) is 11.8 Å². The van der Waals surface area contributed by atoms with Crippen LogP contribution in [0.1, 0.15) is 24.0 Å². The van der Waals surface area contributed by atoms with Gasteiger partial charge in [-0.1, -0.05) is 42.5 Å². The number of benzene rings is 2. The van der Waals surface area contributed by atoms with Gasteiger partial charge in [0.1, 0.15) is 0 Å². The Morgan fingerprint density at radius 2 is 1.73 bits per heavy atom. The Labute approximate surface area is 180 Å². The fraction of sp³-hybridized carbons (Fsp3) is 0.480. The summed E-state index contributed by atoms with van der Waals surface area (Å²) < 4.78 is 5.43. The second-order valence-electron chi connectivity index (χ2n) is 8.52. The highest BCUT2D eigenvalue weighted by molar-refractivity contribution is 5.79. The molecule has 0 radical (unpaired) electrons. The highest BCUT2D eigenvalue weighted by Gasteiger charge is 2.28. The number of amides is 1. The number of nitrogens with zero attached hydrogens (tertiary/aromatic N) is 3. The molecular weight excluding hydrogens is 374 g/mol. The summed E-state index contributed by atoms with van der Waals surface area (Å²) in [5.41, 5.74) is 3.74. The Balaban J connectivity index is 1.30. The van der Waals surface area contributed by atoms with Crippen LogP contribution in [-0.4, -0.2) is 62.1 Å². The SMILES string of the molecule is CN(Cc1ccc(N2CCOCC2)cc1)C(=O)C1CCCN(Cc2ccccc2)C1. The van der Waals surface area contributed by atoms with Crippen molar-refractivity contribution in [2.24, 2.45) is 5.92 Å². The van der Waals surface area contributed by atoms with E-state index in [1.54, 1.807) is 0 Å². The number of likely N-dealkylation sites (tertiary alicyclic amines) is 1. The van der Waals surface area contributed by atoms with Crippen LogP contribution in [0.25, 0.3) is 0 Å². The van der Waals surface area contributed by atoms with E-state index in [9.17, 15) is 4.79 Å². The van der Waals surface area contributed by atoms with Gasteiger partial charge in [-0.3, -0.25) is 9.69 Å². The van der Waals surface area contributed by atoms with Crippen molar-refractivity contribution in [1.82, 2.24) is 9.80 Å². The van der Waals surface area contributed by atoms with Crippen LogP contribution in [0, 0.1) is 5.92 Å². The van der Waals surface area contributed by atoms with Gasteiger partial charge in [-0.05, 0) is 42.6 Å². The summed E-state index contributed by atoms with van der Waals surface area (Å²) in [6.07, 6.45) is 2.08. The summed E-state index contributed by atoms with van der Waals surface area (Å²) in [7, 11) is 1.94. The molecule has 1 atom stereocenters. The minimum atomic E-state index is 0.0973. The second-order valence-corrected chi connectivity index (χ2v) is 8.52. The predicted molar refractivity (Wildman–Crippen MR) is 120 cm³/mol. The average molecular weight is 408 g/mol. The standard InChI is InChI=1S/C25H33N3O2/c1-26(18-22-9-11-24(12-10-22)28-14-16-30-17-15-28)25(29)23-8-5-13-27(20-23)19-21-6-3-2-4-7-21/h2-4,6-7,9-12,23H,5,8,13-20H2,1H3. The molecule has 2 aliphatic rings. The van der Waals surface area contributed by atoms with Gasteiger partial charge in [0.25, 0.3) is 0 Å². The molecule has 5 heteroatoms. The lowest BCUT2D eigenvalue weighted by Crippen LogP contribution is -2.43. The van der Waals surface area contributed by atoms with Crippen LogP contribution in [0.15, 0.2) is 54.6 Å². The molecule has 1 unspecified atom stereocenters. The van der Waals surface area contributed by atoms with Crippen molar-refractivity contribution in [1.29, 1.82) is 0 Å². The van der Waals surface area contributed by atoms with Gasteiger partial charge in [-0.15, -0.1) is 0 Å². The smallest absolute Gasteiger partial charge is 0.227 e. The molecule has 30 heavy (non-hydrogen) atoms. The first-order valence-corrected chi connectivity index (χ1v) is 11.1. The third kappa shape index (κ3) is 5.41. The molecule has 5 nitrogen and oxygen atoms in total. The van der Waals surface area contributed by atoms with E-state index in [0.29, 0.717) is 6.54 Å². The van der Waals surface area contributed by atoms with Crippen LogP contribution in [0.5, 0.6) is 0 Å². The van der Waals surface area contributed by atoms with Gasteiger partial charge in [0.15, 0.2) is 0 Å². The highest BCUT2D eigenvalue weighted by Crippen LogP contribution is 2.22. The summed E-state index contributed by atoms with van der Waals surface area (Å²) >= 11 is 0. The third-order valence-corrected chi connectivity index (χ3v) is 6.21. The summed E-state index contributed by atoms with van der Waals surface area (Å²) in [6.45, 7) is 7.00. The lowest BCUT2D eigenvalue weighted by atomic mass is 9.96. The number of hydrogen-bond donors (Lipinski definition) is 0. The maximum absolute atomic E-state index is 13.1. The van der Waals surface area contributed by atoms with Gasteiger partial charge in [0, 0.05) is 45.5 Å². The van der Waals surface area contributed by atoms with E-state index >= 15 is 0 Å². The molecule has 1 amide bonds. The summed E-state index contributed by atoms with van der Waals surface area (Å²) in [5.74, 6) is 0.366. The molecule has 4 rings (SSSR count). The van der Waals surface area contributed by atoms with E-state index < -0.39 is 0 Å². The average Bonchev–Trinajstić information content (AvgIpc) is 2.80. The van der Waals surface area contributed by atoms with E-state index in [1.165, 1.54) is 16.8 Å². The lowest BCUT2D eigenvalue weighted by Gasteiger charge is -2.34. The molecule has 2 heterocycles. The summed E-state index contributed by atoms with van der Waals surface area (Å²) in [6, 6.07) is 19.2.